The van der Waals surface area contributed by atoms with E-state index in [1.54, 1.807) is 0 Å². The zero-order chi connectivity index (χ0) is 11.2. The first-order chi connectivity index (χ1) is 7.86. The van der Waals surface area contributed by atoms with Crippen LogP contribution in [0.25, 0.3) is 0 Å². The summed E-state index contributed by atoms with van der Waals surface area (Å²) in [6, 6.07) is 10.0. The molecule has 1 aliphatic rings. The van der Waals surface area contributed by atoms with Crippen LogP contribution in [0.2, 0.25) is 0 Å². The van der Waals surface area contributed by atoms with Crippen molar-refractivity contribution in [3.63, 3.8) is 0 Å². The fourth-order valence-corrected chi connectivity index (χ4v) is 2.00. The fourth-order valence-electron chi connectivity index (χ4n) is 2.00. The molecule has 1 aromatic rings. The smallest absolute Gasteiger partial charge is 0.224 e. The van der Waals surface area contributed by atoms with Gasteiger partial charge in [-0.15, -0.1) is 0 Å². The van der Waals surface area contributed by atoms with Crippen molar-refractivity contribution in [2.45, 2.75) is 19.4 Å². The predicted octanol–water partition coefficient (Wildman–Crippen LogP) is 1.30. The van der Waals surface area contributed by atoms with Crippen LogP contribution in [0.4, 0.5) is 0 Å². The van der Waals surface area contributed by atoms with Gasteiger partial charge in [-0.1, -0.05) is 30.3 Å². The molecule has 0 aliphatic carbocycles. The number of carbonyl (C=O) groups is 1. The van der Waals surface area contributed by atoms with Crippen molar-refractivity contribution in [1.82, 2.24) is 10.6 Å². The quantitative estimate of drug-likeness (QED) is 0.803. The van der Waals surface area contributed by atoms with Crippen molar-refractivity contribution >= 4 is 5.91 Å². The molecular formula is C13H18N2O. The number of piperidine rings is 1. The van der Waals surface area contributed by atoms with E-state index in [0.717, 1.165) is 31.5 Å². The highest BCUT2D eigenvalue weighted by molar-refractivity contribution is 5.78. The van der Waals surface area contributed by atoms with Crippen LogP contribution in [-0.4, -0.2) is 19.0 Å². The van der Waals surface area contributed by atoms with Gasteiger partial charge in [-0.25, -0.2) is 0 Å². The van der Waals surface area contributed by atoms with E-state index >= 15 is 0 Å². The Balaban J connectivity index is 1.79. The lowest BCUT2D eigenvalue weighted by molar-refractivity contribution is -0.125. The monoisotopic (exact) mass is 218 g/mol. The van der Waals surface area contributed by atoms with E-state index in [1.807, 2.05) is 30.3 Å². The first-order valence-corrected chi connectivity index (χ1v) is 5.88. The molecule has 2 rings (SSSR count). The molecule has 1 aromatic carbocycles. The third-order valence-electron chi connectivity index (χ3n) is 2.98. The molecular weight excluding hydrogens is 200 g/mol. The van der Waals surface area contributed by atoms with Crippen molar-refractivity contribution in [3.8, 4) is 0 Å². The fraction of sp³-hybridized carbons (Fsp3) is 0.462. The molecule has 0 radical (unpaired) electrons. The van der Waals surface area contributed by atoms with E-state index < -0.39 is 0 Å². The van der Waals surface area contributed by atoms with Gasteiger partial charge in [0.1, 0.15) is 0 Å². The maximum absolute atomic E-state index is 11.8. The number of amides is 1. The average Bonchev–Trinajstić information content (AvgIpc) is 2.38. The molecule has 1 saturated heterocycles. The molecule has 1 heterocycles. The molecule has 0 unspecified atom stereocenters. The summed E-state index contributed by atoms with van der Waals surface area (Å²) >= 11 is 0. The normalized spacial score (nSPS) is 20.4. The number of hydrogen-bond donors (Lipinski definition) is 2. The minimum Gasteiger partial charge on any atom is -0.352 e. The topological polar surface area (TPSA) is 41.1 Å². The van der Waals surface area contributed by atoms with Crippen molar-refractivity contribution in [1.29, 1.82) is 0 Å². The van der Waals surface area contributed by atoms with Gasteiger partial charge in [0.15, 0.2) is 0 Å². The van der Waals surface area contributed by atoms with Crippen LogP contribution in [-0.2, 0) is 11.3 Å². The Morgan fingerprint density at radius 2 is 2.19 bits per heavy atom. The molecule has 0 bridgehead atoms. The Morgan fingerprint density at radius 1 is 1.38 bits per heavy atom. The van der Waals surface area contributed by atoms with Crippen LogP contribution >= 0.6 is 0 Å². The first kappa shape index (κ1) is 11.1. The second kappa shape index (κ2) is 5.66. The van der Waals surface area contributed by atoms with Crippen LogP contribution < -0.4 is 10.6 Å². The maximum Gasteiger partial charge on any atom is 0.224 e. The molecule has 1 aliphatic heterocycles. The second-order valence-corrected chi connectivity index (χ2v) is 4.25. The lowest BCUT2D eigenvalue weighted by Gasteiger charge is -2.21. The first-order valence-electron chi connectivity index (χ1n) is 5.88. The van der Waals surface area contributed by atoms with Gasteiger partial charge >= 0.3 is 0 Å². The predicted molar refractivity (Wildman–Crippen MR) is 63.9 cm³/mol. The largest absolute Gasteiger partial charge is 0.352 e. The summed E-state index contributed by atoms with van der Waals surface area (Å²) in [6.07, 6.45) is 2.11. The summed E-state index contributed by atoms with van der Waals surface area (Å²) < 4.78 is 0. The molecule has 3 nitrogen and oxygen atoms in total. The van der Waals surface area contributed by atoms with Gasteiger partial charge in [0.2, 0.25) is 5.91 Å². The Hall–Kier alpha value is -1.35. The molecule has 0 saturated carbocycles. The van der Waals surface area contributed by atoms with E-state index in [9.17, 15) is 4.79 Å². The summed E-state index contributed by atoms with van der Waals surface area (Å²) in [4.78, 5) is 11.8. The van der Waals surface area contributed by atoms with Crippen molar-refractivity contribution in [2.24, 2.45) is 5.92 Å². The highest BCUT2D eigenvalue weighted by Crippen LogP contribution is 2.10. The molecule has 1 atom stereocenters. The zero-order valence-electron chi connectivity index (χ0n) is 9.41. The molecule has 1 amide bonds. The van der Waals surface area contributed by atoms with E-state index in [-0.39, 0.29) is 11.8 Å². The Kier molecular flexibility index (Phi) is 3.94. The lowest BCUT2D eigenvalue weighted by atomic mass is 9.99. The van der Waals surface area contributed by atoms with Crippen LogP contribution in [0, 0.1) is 5.92 Å². The molecule has 86 valence electrons. The van der Waals surface area contributed by atoms with Crippen molar-refractivity contribution in [3.05, 3.63) is 35.9 Å². The van der Waals surface area contributed by atoms with E-state index in [1.165, 1.54) is 0 Å². The van der Waals surface area contributed by atoms with Gasteiger partial charge in [0, 0.05) is 13.1 Å². The van der Waals surface area contributed by atoms with Crippen LogP contribution in [0.3, 0.4) is 0 Å². The molecule has 2 N–H and O–H groups in total. The van der Waals surface area contributed by atoms with Gasteiger partial charge < -0.3 is 10.6 Å². The Labute approximate surface area is 96.2 Å². The summed E-state index contributed by atoms with van der Waals surface area (Å²) in [7, 11) is 0. The molecule has 16 heavy (non-hydrogen) atoms. The second-order valence-electron chi connectivity index (χ2n) is 4.25. The SMILES string of the molecule is O=C(NCc1ccccc1)[C@H]1CCCNC1. The maximum atomic E-state index is 11.8. The third kappa shape index (κ3) is 3.07. The zero-order valence-corrected chi connectivity index (χ0v) is 9.41. The van der Waals surface area contributed by atoms with Crippen LogP contribution in [0.1, 0.15) is 18.4 Å². The molecule has 3 heteroatoms. The number of hydrogen-bond acceptors (Lipinski definition) is 2. The highest BCUT2D eigenvalue weighted by Gasteiger charge is 2.20. The average molecular weight is 218 g/mol. The summed E-state index contributed by atoms with van der Waals surface area (Å²) in [5.41, 5.74) is 1.15. The molecule has 0 spiro atoms. The van der Waals surface area contributed by atoms with Crippen molar-refractivity contribution < 1.29 is 4.79 Å². The highest BCUT2D eigenvalue weighted by atomic mass is 16.1. The summed E-state index contributed by atoms with van der Waals surface area (Å²) in [5, 5.41) is 6.24. The standard InChI is InChI=1S/C13H18N2O/c16-13(12-7-4-8-14-10-12)15-9-11-5-2-1-3-6-11/h1-3,5-6,12,14H,4,7-10H2,(H,15,16)/t12-/m0/s1. The number of benzene rings is 1. The van der Waals surface area contributed by atoms with Crippen LogP contribution in [0.5, 0.6) is 0 Å². The van der Waals surface area contributed by atoms with E-state index in [4.69, 9.17) is 0 Å². The van der Waals surface area contributed by atoms with Gasteiger partial charge in [-0.05, 0) is 24.9 Å². The number of nitrogens with one attached hydrogen (secondary N) is 2. The third-order valence-corrected chi connectivity index (χ3v) is 2.98. The lowest BCUT2D eigenvalue weighted by Crippen LogP contribution is -2.40. The summed E-state index contributed by atoms with van der Waals surface area (Å²) in [5.74, 6) is 0.327. The van der Waals surface area contributed by atoms with Crippen molar-refractivity contribution in [2.75, 3.05) is 13.1 Å². The van der Waals surface area contributed by atoms with Gasteiger partial charge in [-0.2, -0.15) is 0 Å². The number of carbonyl (C=O) groups excluding carboxylic acids is 1. The molecule has 1 fully saturated rings. The molecule has 0 aromatic heterocycles. The van der Waals surface area contributed by atoms with E-state index in [2.05, 4.69) is 10.6 Å². The van der Waals surface area contributed by atoms with Gasteiger partial charge in [0.05, 0.1) is 5.92 Å². The summed E-state index contributed by atoms with van der Waals surface area (Å²) in [6.45, 7) is 2.50. The minimum atomic E-state index is 0.150. The Bertz CT molecular complexity index is 331. The van der Waals surface area contributed by atoms with Gasteiger partial charge in [-0.3, -0.25) is 4.79 Å². The number of rotatable bonds is 3. The van der Waals surface area contributed by atoms with Gasteiger partial charge in [0.25, 0.3) is 0 Å². The van der Waals surface area contributed by atoms with Crippen LogP contribution in [0.15, 0.2) is 30.3 Å². The van der Waals surface area contributed by atoms with E-state index in [0.29, 0.717) is 6.54 Å². The minimum absolute atomic E-state index is 0.150. The Morgan fingerprint density at radius 3 is 2.88 bits per heavy atom.